The molecule has 1 saturated heterocycles. The fraction of sp³-hybridized carbons (Fsp3) is 0.476. The van der Waals surface area contributed by atoms with Crippen molar-refractivity contribution in [1.82, 2.24) is 4.90 Å². The highest BCUT2D eigenvalue weighted by Gasteiger charge is 2.29. The molecule has 0 bridgehead atoms. The lowest BCUT2D eigenvalue weighted by molar-refractivity contribution is -0.113. The highest BCUT2D eigenvalue weighted by molar-refractivity contribution is 9.11. The van der Waals surface area contributed by atoms with Crippen LogP contribution in [0.2, 0.25) is 0 Å². The molecular weight excluding hydrogens is 376 g/mol. The van der Waals surface area contributed by atoms with Gasteiger partial charge in [0.1, 0.15) is 0 Å². The molecule has 134 valence electrons. The molecule has 0 aromatic heterocycles. The first-order valence-corrected chi connectivity index (χ1v) is 10.1. The van der Waals surface area contributed by atoms with Crippen molar-refractivity contribution in [2.45, 2.75) is 59.3 Å². The number of piperidine rings is 1. The number of hydrogen-bond donors (Lipinski definition) is 1. The van der Waals surface area contributed by atoms with Crippen molar-refractivity contribution in [3.8, 4) is 0 Å². The van der Waals surface area contributed by atoms with Crippen LogP contribution < -0.4 is 5.32 Å². The second-order valence-corrected chi connectivity index (χ2v) is 7.77. The van der Waals surface area contributed by atoms with Crippen LogP contribution in [0.4, 0.5) is 5.69 Å². The van der Waals surface area contributed by atoms with E-state index in [1.807, 2.05) is 0 Å². The highest BCUT2D eigenvalue weighted by atomic mass is 79.9. The van der Waals surface area contributed by atoms with Crippen molar-refractivity contribution in [2.75, 3.05) is 11.9 Å². The number of para-hydroxylation sites is 1. The van der Waals surface area contributed by atoms with Gasteiger partial charge in [0.15, 0.2) is 0 Å². The Kier molecular flexibility index (Phi) is 5.67. The Morgan fingerprint density at radius 3 is 2.52 bits per heavy atom. The van der Waals surface area contributed by atoms with Gasteiger partial charge >= 0.3 is 0 Å². The first-order valence-electron chi connectivity index (χ1n) is 9.33. The number of allylic oxidation sites excluding steroid dienone is 3. The fourth-order valence-electron chi connectivity index (χ4n) is 3.85. The SMILES string of the molecule is CCc1cccc(CC)c1NC(=O)C1=C2CCCCN2C(C)=C(Br)C1. The monoisotopic (exact) mass is 402 g/mol. The molecule has 3 rings (SSSR count). The van der Waals surface area contributed by atoms with Gasteiger partial charge in [0.2, 0.25) is 0 Å². The van der Waals surface area contributed by atoms with E-state index in [0.717, 1.165) is 41.6 Å². The third-order valence-electron chi connectivity index (χ3n) is 5.36. The average molecular weight is 403 g/mol. The summed E-state index contributed by atoms with van der Waals surface area (Å²) in [5.74, 6) is 0.0574. The van der Waals surface area contributed by atoms with E-state index in [4.69, 9.17) is 0 Å². The minimum atomic E-state index is 0.0574. The maximum atomic E-state index is 13.2. The summed E-state index contributed by atoms with van der Waals surface area (Å²) >= 11 is 3.69. The molecule has 4 heteroatoms. The Balaban J connectivity index is 1.94. The van der Waals surface area contributed by atoms with Gasteiger partial charge in [0.05, 0.1) is 0 Å². The minimum absolute atomic E-state index is 0.0574. The zero-order valence-electron chi connectivity index (χ0n) is 15.4. The molecule has 1 N–H and O–H groups in total. The zero-order valence-corrected chi connectivity index (χ0v) is 17.0. The van der Waals surface area contributed by atoms with E-state index in [2.05, 4.69) is 65.1 Å². The number of nitrogens with zero attached hydrogens (tertiary/aromatic N) is 1. The molecule has 0 saturated carbocycles. The van der Waals surface area contributed by atoms with Gasteiger partial charge in [-0.1, -0.05) is 48.0 Å². The number of benzene rings is 1. The predicted molar refractivity (Wildman–Crippen MR) is 108 cm³/mol. The molecular formula is C21H27BrN2O. The van der Waals surface area contributed by atoms with E-state index in [-0.39, 0.29) is 5.91 Å². The number of amides is 1. The number of anilines is 1. The Morgan fingerprint density at radius 1 is 1.20 bits per heavy atom. The Bertz CT molecular complexity index is 726. The van der Waals surface area contributed by atoms with Gasteiger partial charge in [-0.2, -0.15) is 0 Å². The summed E-state index contributed by atoms with van der Waals surface area (Å²) in [5.41, 5.74) is 6.83. The lowest BCUT2D eigenvalue weighted by atomic mass is 9.95. The number of carbonyl (C=O) groups excluding carboxylic acids is 1. The number of halogens is 1. The van der Waals surface area contributed by atoms with Gasteiger partial charge in [0.25, 0.3) is 5.91 Å². The Hall–Kier alpha value is -1.55. The van der Waals surface area contributed by atoms with E-state index in [1.165, 1.54) is 35.4 Å². The lowest BCUT2D eigenvalue weighted by Gasteiger charge is -2.38. The molecule has 0 atom stereocenters. The van der Waals surface area contributed by atoms with Crippen LogP contribution in [-0.2, 0) is 17.6 Å². The molecule has 1 aromatic carbocycles. The molecule has 1 amide bonds. The summed E-state index contributed by atoms with van der Waals surface area (Å²) in [6, 6.07) is 6.31. The third-order valence-corrected chi connectivity index (χ3v) is 6.21. The third kappa shape index (κ3) is 3.55. The lowest BCUT2D eigenvalue weighted by Crippen LogP contribution is -2.33. The van der Waals surface area contributed by atoms with Gasteiger partial charge in [0, 0.05) is 40.1 Å². The summed E-state index contributed by atoms with van der Waals surface area (Å²) in [5, 5.41) is 3.25. The Morgan fingerprint density at radius 2 is 1.88 bits per heavy atom. The van der Waals surface area contributed by atoms with Crippen LogP contribution in [0.1, 0.15) is 57.6 Å². The van der Waals surface area contributed by atoms with Crippen molar-refractivity contribution in [3.63, 3.8) is 0 Å². The molecule has 0 unspecified atom stereocenters. The van der Waals surface area contributed by atoms with E-state index in [1.54, 1.807) is 0 Å². The molecule has 2 aliphatic heterocycles. The van der Waals surface area contributed by atoms with Gasteiger partial charge < -0.3 is 10.2 Å². The topological polar surface area (TPSA) is 32.3 Å². The van der Waals surface area contributed by atoms with Crippen LogP contribution in [0, 0.1) is 0 Å². The first kappa shape index (κ1) is 18.2. The summed E-state index contributed by atoms with van der Waals surface area (Å²) in [4.78, 5) is 15.5. The molecule has 0 spiro atoms. The second kappa shape index (κ2) is 7.77. The summed E-state index contributed by atoms with van der Waals surface area (Å²) in [6.45, 7) is 7.43. The number of aryl methyl sites for hydroxylation is 2. The number of rotatable bonds is 4. The molecule has 0 aliphatic carbocycles. The number of fused-ring (bicyclic) bond motifs is 1. The molecule has 3 nitrogen and oxygen atoms in total. The predicted octanol–water partition coefficient (Wildman–Crippen LogP) is 5.52. The van der Waals surface area contributed by atoms with Gasteiger partial charge in [-0.05, 0) is 50.2 Å². The van der Waals surface area contributed by atoms with Crippen molar-refractivity contribution in [3.05, 3.63) is 50.8 Å². The maximum absolute atomic E-state index is 13.2. The van der Waals surface area contributed by atoms with Crippen LogP contribution in [0.15, 0.2) is 39.6 Å². The Labute approximate surface area is 159 Å². The smallest absolute Gasteiger partial charge is 0.253 e. The van der Waals surface area contributed by atoms with Crippen LogP contribution in [0.25, 0.3) is 0 Å². The normalized spacial score (nSPS) is 17.7. The largest absolute Gasteiger partial charge is 0.348 e. The van der Waals surface area contributed by atoms with Gasteiger partial charge in [-0.15, -0.1) is 0 Å². The van der Waals surface area contributed by atoms with E-state index < -0.39 is 0 Å². The molecule has 1 fully saturated rings. The molecule has 2 aliphatic rings. The average Bonchev–Trinajstić information content (AvgIpc) is 2.64. The maximum Gasteiger partial charge on any atom is 0.253 e. The van der Waals surface area contributed by atoms with Crippen LogP contribution in [0.3, 0.4) is 0 Å². The summed E-state index contributed by atoms with van der Waals surface area (Å²) in [7, 11) is 0. The number of nitrogens with one attached hydrogen (secondary N) is 1. The van der Waals surface area contributed by atoms with Crippen LogP contribution >= 0.6 is 15.9 Å². The van der Waals surface area contributed by atoms with Crippen molar-refractivity contribution in [2.24, 2.45) is 0 Å². The van der Waals surface area contributed by atoms with Crippen molar-refractivity contribution < 1.29 is 4.79 Å². The van der Waals surface area contributed by atoms with Gasteiger partial charge in [-0.3, -0.25) is 4.79 Å². The van der Waals surface area contributed by atoms with E-state index in [0.29, 0.717) is 6.42 Å². The standard InChI is InChI=1S/C21H27BrN2O/c1-4-15-9-8-10-16(5-2)20(15)23-21(25)17-13-18(22)14(3)24-12-7-6-11-19(17)24/h8-10H,4-7,11-13H2,1-3H3,(H,23,25). The first-order chi connectivity index (χ1) is 12.1. The summed E-state index contributed by atoms with van der Waals surface area (Å²) in [6.07, 6.45) is 5.89. The van der Waals surface area contributed by atoms with Crippen LogP contribution in [0.5, 0.6) is 0 Å². The van der Waals surface area contributed by atoms with Crippen molar-refractivity contribution in [1.29, 1.82) is 0 Å². The molecule has 2 heterocycles. The minimum Gasteiger partial charge on any atom is -0.348 e. The fourth-order valence-corrected chi connectivity index (χ4v) is 4.35. The van der Waals surface area contributed by atoms with Gasteiger partial charge in [-0.25, -0.2) is 0 Å². The van der Waals surface area contributed by atoms with E-state index in [9.17, 15) is 4.79 Å². The zero-order chi connectivity index (χ0) is 18.0. The van der Waals surface area contributed by atoms with Crippen LogP contribution in [-0.4, -0.2) is 17.4 Å². The molecule has 0 radical (unpaired) electrons. The number of hydrogen-bond acceptors (Lipinski definition) is 2. The number of carbonyl (C=O) groups is 1. The van der Waals surface area contributed by atoms with E-state index >= 15 is 0 Å². The quantitative estimate of drug-likeness (QED) is 0.718. The summed E-state index contributed by atoms with van der Waals surface area (Å²) < 4.78 is 1.13. The second-order valence-electron chi connectivity index (χ2n) is 6.81. The highest BCUT2D eigenvalue weighted by Crippen LogP contribution is 2.38. The van der Waals surface area contributed by atoms with Crippen molar-refractivity contribution >= 4 is 27.5 Å². The molecule has 25 heavy (non-hydrogen) atoms. The molecule has 1 aromatic rings.